The van der Waals surface area contributed by atoms with Gasteiger partial charge in [-0.15, -0.1) is 0 Å². The SMILES string of the molecule is CCC(NC(=O)C(C)Oc1ccc(Cl)cc1)c1ccc2c(c1)CCCC2. The summed E-state index contributed by atoms with van der Waals surface area (Å²) in [5, 5.41) is 3.78. The Morgan fingerprint density at radius 1 is 1.12 bits per heavy atom. The number of carbonyl (C=O) groups excluding carboxylic acids is 1. The lowest BCUT2D eigenvalue weighted by Crippen LogP contribution is -2.38. The maximum Gasteiger partial charge on any atom is 0.261 e. The Morgan fingerprint density at radius 3 is 2.50 bits per heavy atom. The lowest BCUT2D eigenvalue weighted by molar-refractivity contribution is -0.128. The molecule has 4 heteroatoms. The fourth-order valence-corrected chi connectivity index (χ4v) is 3.58. The van der Waals surface area contributed by atoms with Gasteiger partial charge in [0, 0.05) is 5.02 Å². The number of fused-ring (bicyclic) bond motifs is 1. The standard InChI is InChI=1S/C22H26ClNO2/c1-3-21(18-9-8-16-6-4-5-7-17(16)14-18)24-22(25)15(2)26-20-12-10-19(23)11-13-20/h8-15,21H,3-7H2,1-2H3,(H,24,25). The van der Waals surface area contributed by atoms with Crippen molar-refractivity contribution in [3.63, 3.8) is 0 Å². The van der Waals surface area contributed by atoms with Crippen molar-refractivity contribution in [2.24, 2.45) is 0 Å². The first-order valence-electron chi connectivity index (χ1n) is 9.41. The van der Waals surface area contributed by atoms with E-state index >= 15 is 0 Å². The van der Waals surface area contributed by atoms with Crippen LogP contribution in [0, 0.1) is 0 Å². The third kappa shape index (κ3) is 4.59. The molecule has 0 saturated heterocycles. The van der Waals surface area contributed by atoms with Gasteiger partial charge in [0.05, 0.1) is 6.04 Å². The molecular weight excluding hydrogens is 346 g/mol. The number of rotatable bonds is 6. The van der Waals surface area contributed by atoms with Gasteiger partial charge in [0.15, 0.2) is 6.10 Å². The van der Waals surface area contributed by atoms with E-state index in [0.29, 0.717) is 10.8 Å². The highest BCUT2D eigenvalue weighted by Gasteiger charge is 2.20. The fraction of sp³-hybridized carbons (Fsp3) is 0.409. The van der Waals surface area contributed by atoms with E-state index in [1.165, 1.54) is 36.0 Å². The summed E-state index contributed by atoms with van der Waals surface area (Å²) >= 11 is 5.88. The van der Waals surface area contributed by atoms with Crippen LogP contribution < -0.4 is 10.1 Å². The summed E-state index contributed by atoms with van der Waals surface area (Å²) in [4.78, 5) is 12.6. The van der Waals surface area contributed by atoms with Crippen molar-refractivity contribution in [3.05, 3.63) is 64.2 Å². The van der Waals surface area contributed by atoms with Gasteiger partial charge in [0.1, 0.15) is 5.75 Å². The topological polar surface area (TPSA) is 38.3 Å². The molecule has 0 fully saturated rings. The smallest absolute Gasteiger partial charge is 0.261 e. The number of ether oxygens (including phenoxy) is 1. The van der Waals surface area contributed by atoms with Gasteiger partial charge < -0.3 is 10.1 Å². The third-order valence-electron chi connectivity index (χ3n) is 5.00. The summed E-state index contributed by atoms with van der Waals surface area (Å²) in [5.41, 5.74) is 4.08. The van der Waals surface area contributed by atoms with E-state index in [1.807, 2.05) is 0 Å². The number of nitrogens with one attached hydrogen (secondary N) is 1. The second-order valence-electron chi connectivity index (χ2n) is 6.92. The largest absolute Gasteiger partial charge is 0.481 e. The molecule has 0 spiro atoms. The van der Waals surface area contributed by atoms with Crippen molar-refractivity contribution in [1.82, 2.24) is 5.32 Å². The molecule has 1 amide bonds. The molecule has 0 radical (unpaired) electrons. The first-order chi connectivity index (χ1) is 12.6. The van der Waals surface area contributed by atoms with Crippen LogP contribution in [0.3, 0.4) is 0 Å². The number of benzene rings is 2. The van der Waals surface area contributed by atoms with Gasteiger partial charge in [0.2, 0.25) is 0 Å². The van der Waals surface area contributed by atoms with Gasteiger partial charge in [-0.2, -0.15) is 0 Å². The molecule has 1 N–H and O–H groups in total. The van der Waals surface area contributed by atoms with E-state index in [0.717, 1.165) is 12.8 Å². The van der Waals surface area contributed by atoms with Crippen molar-refractivity contribution in [3.8, 4) is 5.75 Å². The van der Waals surface area contributed by atoms with Crippen LogP contribution in [0.2, 0.25) is 5.02 Å². The normalized spacial score (nSPS) is 15.7. The molecule has 2 atom stereocenters. The van der Waals surface area contributed by atoms with Crippen molar-refractivity contribution >= 4 is 17.5 Å². The summed E-state index contributed by atoms with van der Waals surface area (Å²) < 4.78 is 5.73. The molecule has 2 aromatic carbocycles. The third-order valence-corrected chi connectivity index (χ3v) is 5.25. The van der Waals surface area contributed by atoms with Crippen LogP contribution in [0.5, 0.6) is 5.75 Å². The maximum absolute atomic E-state index is 12.6. The Kier molecular flexibility index (Phi) is 6.20. The van der Waals surface area contributed by atoms with Crippen molar-refractivity contribution in [1.29, 1.82) is 0 Å². The summed E-state index contributed by atoms with van der Waals surface area (Å²) in [6, 6.07) is 13.7. The van der Waals surface area contributed by atoms with Crippen LogP contribution in [0.4, 0.5) is 0 Å². The van der Waals surface area contributed by atoms with E-state index in [1.54, 1.807) is 31.2 Å². The molecule has 2 aromatic rings. The van der Waals surface area contributed by atoms with E-state index < -0.39 is 6.10 Å². The van der Waals surface area contributed by atoms with Gasteiger partial charge in [-0.05, 0) is 80.0 Å². The number of amides is 1. The molecule has 0 bridgehead atoms. The zero-order valence-electron chi connectivity index (χ0n) is 15.4. The van der Waals surface area contributed by atoms with E-state index in [9.17, 15) is 4.79 Å². The van der Waals surface area contributed by atoms with Gasteiger partial charge in [-0.25, -0.2) is 0 Å². The van der Waals surface area contributed by atoms with Gasteiger partial charge in [-0.1, -0.05) is 36.7 Å². The van der Waals surface area contributed by atoms with Gasteiger partial charge in [0.25, 0.3) is 5.91 Å². The minimum atomic E-state index is -0.567. The highest BCUT2D eigenvalue weighted by atomic mass is 35.5. The Balaban J connectivity index is 1.65. The zero-order chi connectivity index (χ0) is 18.5. The molecule has 0 aromatic heterocycles. The number of aryl methyl sites for hydroxylation is 2. The van der Waals surface area contributed by atoms with Crippen LogP contribution in [-0.4, -0.2) is 12.0 Å². The molecule has 0 aliphatic heterocycles. The number of carbonyl (C=O) groups is 1. The second kappa shape index (κ2) is 8.59. The lowest BCUT2D eigenvalue weighted by atomic mass is 9.89. The number of hydrogen-bond acceptors (Lipinski definition) is 2. The highest BCUT2D eigenvalue weighted by molar-refractivity contribution is 6.30. The average Bonchev–Trinajstić information content (AvgIpc) is 2.67. The molecular formula is C22H26ClNO2. The fourth-order valence-electron chi connectivity index (χ4n) is 3.45. The van der Waals surface area contributed by atoms with Crippen LogP contribution >= 0.6 is 11.6 Å². The molecule has 138 valence electrons. The molecule has 26 heavy (non-hydrogen) atoms. The number of hydrogen-bond donors (Lipinski definition) is 1. The molecule has 0 saturated carbocycles. The lowest BCUT2D eigenvalue weighted by Gasteiger charge is -2.23. The van der Waals surface area contributed by atoms with E-state index in [2.05, 4.69) is 30.4 Å². The number of halogens is 1. The van der Waals surface area contributed by atoms with Crippen LogP contribution in [0.15, 0.2) is 42.5 Å². The van der Waals surface area contributed by atoms with Crippen LogP contribution in [0.25, 0.3) is 0 Å². The van der Waals surface area contributed by atoms with Gasteiger partial charge in [-0.3, -0.25) is 4.79 Å². The predicted octanol–water partition coefficient (Wildman–Crippen LogP) is 5.25. The maximum atomic E-state index is 12.6. The molecule has 1 aliphatic rings. The Morgan fingerprint density at radius 2 is 1.81 bits per heavy atom. The first-order valence-corrected chi connectivity index (χ1v) is 9.79. The van der Waals surface area contributed by atoms with Gasteiger partial charge >= 0.3 is 0 Å². The minimum Gasteiger partial charge on any atom is -0.481 e. The monoisotopic (exact) mass is 371 g/mol. The average molecular weight is 372 g/mol. The van der Waals surface area contributed by atoms with E-state index in [-0.39, 0.29) is 11.9 Å². The molecule has 3 nitrogen and oxygen atoms in total. The summed E-state index contributed by atoms with van der Waals surface area (Å²) in [5.74, 6) is 0.531. The Bertz CT molecular complexity index is 757. The quantitative estimate of drug-likeness (QED) is 0.752. The second-order valence-corrected chi connectivity index (χ2v) is 7.36. The molecule has 1 aliphatic carbocycles. The summed E-state index contributed by atoms with van der Waals surface area (Å²) in [6.07, 6.45) is 5.13. The summed E-state index contributed by atoms with van der Waals surface area (Å²) in [6.45, 7) is 3.86. The van der Waals surface area contributed by atoms with Crippen LogP contribution in [0.1, 0.15) is 55.8 Å². The first kappa shape index (κ1) is 18.8. The molecule has 3 rings (SSSR count). The summed E-state index contributed by atoms with van der Waals surface area (Å²) in [7, 11) is 0. The molecule has 0 heterocycles. The van der Waals surface area contributed by atoms with Crippen molar-refractivity contribution < 1.29 is 9.53 Å². The minimum absolute atomic E-state index is 0.00555. The highest BCUT2D eigenvalue weighted by Crippen LogP contribution is 2.26. The van der Waals surface area contributed by atoms with E-state index in [4.69, 9.17) is 16.3 Å². The predicted molar refractivity (Wildman–Crippen MR) is 106 cm³/mol. The molecule has 2 unspecified atom stereocenters. The Hall–Kier alpha value is -2.00. The van der Waals surface area contributed by atoms with Crippen LogP contribution in [-0.2, 0) is 17.6 Å². The van der Waals surface area contributed by atoms with Crippen molar-refractivity contribution in [2.45, 2.75) is 58.1 Å². The van der Waals surface area contributed by atoms with Crippen molar-refractivity contribution in [2.75, 3.05) is 0 Å². The zero-order valence-corrected chi connectivity index (χ0v) is 16.2. The Labute approximate surface area is 160 Å².